The number of carbonyl (C=O) groups excluding carboxylic acids is 1. The second-order valence-corrected chi connectivity index (χ2v) is 11.0. The van der Waals surface area contributed by atoms with Gasteiger partial charge in [0.25, 0.3) is 5.56 Å². The fourth-order valence-corrected chi connectivity index (χ4v) is 4.90. The maximum Gasteiger partial charge on any atom is 0.410 e. The Morgan fingerprint density at radius 3 is 2.38 bits per heavy atom. The summed E-state index contributed by atoms with van der Waals surface area (Å²) in [6, 6.07) is 9.26. The summed E-state index contributed by atoms with van der Waals surface area (Å²) in [4.78, 5) is 27.4. The number of nitrogens with zero attached hydrogens (tertiary/aromatic N) is 2. The molecule has 2 aromatic rings. The molecule has 1 fully saturated rings. The van der Waals surface area contributed by atoms with Gasteiger partial charge in [-0.2, -0.15) is 0 Å². The van der Waals surface area contributed by atoms with Crippen molar-refractivity contribution < 1.29 is 22.7 Å². The molecule has 34 heavy (non-hydrogen) atoms. The summed E-state index contributed by atoms with van der Waals surface area (Å²) in [5, 5.41) is 0. The van der Waals surface area contributed by atoms with Crippen molar-refractivity contribution in [2.45, 2.75) is 82.6 Å². The highest BCUT2D eigenvalue weighted by atomic mass is 32.2. The largest absolute Gasteiger partial charge is 0.490 e. The molecule has 1 aromatic carbocycles. The van der Waals surface area contributed by atoms with Crippen LogP contribution in [0.3, 0.4) is 0 Å². The van der Waals surface area contributed by atoms with Gasteiger partial charge in [-0.25, -0.2) is 13.2 Å². The first-order valence-corrected chi connectivity index (χ1v) is 13.6. The lowest BCUT2D eigenvalue weighted by Crippen LogP contribution is -2.53. The SMILES string of the molecule is CCC(C)OC(=O)N1[C@H](CC)C[C@H](Oc2ccn(-c3ccc(S(C)(=O)=O)cc3)c(=O)c2)C[C@H]1C. The molecule has 0 aliphatic carbocycles. The van der Waals surface area contributed by atoms with Gasteiger partial charge in [0.05, 0.1) is 4.90 Å². The molecule has 186 valence electrons. The van der Waals surface area contributed by atoms with Gasteiger partial charge in [0.15, 0.2) is 9.84 Å². The van der Waals surface area contributed by atoms with Gasteiger partial charge in [0.2, 0.25) is 0 Å². The molecule has 0 saturated carbocycles. The third-order valence-corrected chi connectivity index (χ3v) is 7.43. The van der Waals surface area contributed by atoms with Crippen molar-refractivity contribution in [2.24, 2.45) is 0 Å². The van der Waals surface area contributed by atoms with Crippen molar-refractivity contribution in [3.8, 4) is 11.4 Å². The zero-order chi connectivity index (χ0) is 25.0. The quantitative estimate of drug-likeness (QED) is 0.578. The Hall–Kier alpha value is -2.81. The van der Waals surface area contributed by atoms with Crippen molar-refractivity contribution in [3.63, 3.8) is 0 Å². The number of likely N-dealkylation sites (tertiary alicyclic amines) is 1. The molecule has 0 bridgehead atoms. The first-order chi connectivity index (χ1) is 16.0. The van der Waals surface area contributed by atoms with Crippen LogP contribution in [-0.2, 0) is 14.6 Å². The molecule has 9 heteroatoms. The van der Waals surface area contributed by atoms with E-state index >= 15 is 0 Å². The van der Waals surface area contributed by atoms with Crippen LogP contribution in [0.5, 0.6) is 5.75 Å². The molecular formula is C25H34N2O6S. The van der Waals surface area contributed by atoms with E-state index < -0.39 is 9.84 Å². The highest BCUT2D eigenvalue weighted by molar-refractivity contribution is 7.90. The average molecular weight is 491 g/mol. The third-order valence-electron chi connectivity index (χ3n) is 6.30. The fraction of sp³-hybridized carbons (Fsp3) is 0.520. The molecular weight excluding hydrogens is 456 g/mol. The number of sulfone groups is 1. The number of rotatable bonds is 7. The van der Waals surface area contributed by atoms with Crippen LogP contribution in [-0.4, -0.2) is 54.5 Å². The van der Waals surface area contributed by atoms with E-state index in [1.165, 1.54) is 22.8 Å². The van der Waals surface area contributed by atoms with Gasteiger partial charge in [0, 0.05) is 49.1 Å². The van der Waals surface area contributed by atoms with E-state index in [-0.39, 0.29) is 40.8 Å². The highest BCUT2D eigenvalue weighted by Gasteiger charge is 2.37. The Morgan fingerprint density at radius 2 is 1.82 bits per heavy atom. The molecule has 1 saturated heterocycles. The maximum absolute atomic E-state index is 12.7. The molecule has 0 N–H and O–H groups in total. The van der Waals surface area contributed by atoms with Crippen LogP contribution in [0.1, 0.15) is 53.4 Å². The van der Waals surface area contributed by atoms with Gasteiger partial charge in [-0.1, -0.05) is 13.8 Å². The van der Waals surface area contributed by atoms with E-state index in [1.54, 1.807) is 24.4 Å². The van der Waals surface area contributed by atoms with Gasteiger partial charge >= 0.3 is 6.09 Å². The number of carbonyl (C=O) groups is 1. The van der Waals surface area contributed by atoms with Crippen LogP contribution in [0, 0.1) is 0 Å². The number of hydrogen-bond donors (Lipinski definition) is 0. The summed E-state index contributed by atoms with van der Waals surface area (Å²) >= 11 is 0. The maximum atomic E-state index is 12.7. The van der Waals surface area contributed by atoms with Crippen LogP contribution >= 0.6 is 0 Å². The summed E-state index contributed by atoms with van der Waals surface area (Å²) < 4.78 is 36.5. The number of benzene rings is 1. The number of ether oxygens (including phenoxy) is 2. The highest BCUT2D eigenvalue weighted by Crippen LogP contribution is 2.29. The zero-order valence-corrected chi connectivity index (χ0v) is 21.2. The van der Waals surface area contributed by atoms with E-state index in [2.05, 4.69) is 0 Å². The minimum atomic E-state index is -3.30. The zero-order valence-electron chi connectivity index (χ0n) is 20.4. The molecule has 8 nitrogen and oxygen atoms in total. The average Bonchev–Trinajstić information content (AvgIpc) is 2.78. The standard InChI is InChI=1S/C25H34N2O6S/c1-6-18(4)32-25(29)27-17(3)14-22(15-19(27)7-2)33-21-12-13-26(24(28)16-21)20-8-10-23(11-9-20)34(5,30)31/h8-13,16-19,22H,6-7,14-15H2,1-5H3/t17-,18?,19-,22-/m1/s1. The predicted molar refractivity (Wildman–Crippen MR) is 130 cm³/mol. The second-order valence-electron chi connectivity index (χ2n) is 8.97. The molecule has 3 rings (SSSR count). The molecule has 1 aliphatic rings. The molecule has 0 radical (unpaired) electrons. The number of amides is 1. The Morgan fingerprint density at radius 1 is 1.15 bits per heavy atom. The van der Waals surface area contributed by atoms with Gasteiger partial charge in [-0.05, 0) is 57.0 Å². The molecule has 1 amide bonds. The van der Waals surface area contributed by atoms with E-state index in [0.29, 0.717) is 24.3 Å². The van der Waals surface area contributed by atoms with Crippen molar-refractivity contribution in [1.29, 1.82) is 0 Å². The monoisotopic (exact) mass is 490 g/mol. The van der Waals surface area contributed by atoms with Crippen LogP contribution < -0.4 is 10.3 Å². The number of hydrogen-bond acceptors (Lipinski definition) is 6. The van der Waals surface area contributed by atoms with Crippen LogP contribution in [0.4, 0.5) is 4.79 Å². The predicted octanol–water partition coefficient (Wildman–Crippen LogP) is 4.19. The summed E-state index contributed by atoms with van der Waals surface area (Å²) in [6.45, 7) is 7.91. The molecule has 2 heterocycles. The van der Waals surface area contributed by atoms with Crippen molar-refractivity contribution in [2.75, 3.05) is 6.26 Å². The number of aromatic nitrogens is 1. The van der Waals surface area contributed by atoms with E-state index in [4.69, 9.17) is 9.47 Å². The first kappa shape index (κ1) is 25.8. The minimum Gasteiger partial charge on any atom is -0.490 e. The van der Waals surface area contributed by atoms with Gasteiger partial charge in [-0.15, -0.1) is 0 Å². The number of pyridine rings is 1. The van der Waals surface area contributed by atoms with Crippen molar-refractivity contribution in [1.82, 2.24) is 9.47 Å². The third kappa shape index (κ3) is 6.00. The summed E-state index contributed by atoms with van der Waals surface area (Å²) in [5.41, 5.74) is 0.288. The first-order valence-electron chi connectivity index (χ1n) is 11.7. The summed E-state index contributed by atoms with van der Waals surface area (Å²) in [6.07, 6.45) is 5.08. The van der Waals surface area contributed by atoms with Crippen LogP contribution in [0.25, 0.3) is 5.69 Å². The molecule has 4 atom stereocenters. The Labute approximate surface area is 201 Å². The Kier molecular flexibility index (Phi) is 8.07. The number of piperidine rings is 1. The van der Waals surface area contributed by atoms with Gasteiger partial charge in [-0.3, -0.25) is 9.36 Å². The normalized spacial score (nSPS) is 21.7. The molecule has 1 aromatic heterocycles. The smallest absolute Gasteiger partial charge is 0.410 e. The van der Waals surface area contributed by atoms with Crippen LogP contribution in [0.15, 0.2) is 52.3 Å². The van der Waals surface area contributed by atoms with E-state index in [9.17, 15) is 18.0 Å². The van der Waals surface area contributed by atoms with Crippen molar-refractivity contribution >= 4 is 15.9 Å². The topological polar surface area (TPSA) is 94.9 Å². The van der Waals surface area contributed by atoms with E-state index in [0.717, 1.165) is 19.1 Å². The Balaban J connectivity index is 1.71. The summed E-state index contributed by atoms with van der Waals surface area (Å²) in [5.74, 6) is 0.469. The van der Waals surface area contributed by atoms with E-state index in [1.807, 2.05) is 32.6 Å². The lowest BCUT2D eigenvalue weighted by Gasteiger charge is -2.43. The molecule has 1 aliphatic heterocycles. The molecule has 0 spiro atoms. The lowest BCUT2D eigenvalue weighted by molar-refractivity contribution is -0.00219. The Bertz CT molecular complexity index is 1160. The summed E-state index contributed by atoms with van der Waals surface area (Å²) in [7, 11) is -3.30. The van der Waals surface area contributed by atoms with Gasteiger partial charge in [0.1, 0.15) is 18.0 Å². The van der Waals surface area contributed by atoms with Crippen molar-refractivity contribution in [3.05, 3.63) is 52.9 Å². The molecule has 1 unspecified atom stereocenters. The fourth-order valence-electron chi connectivity index (χ4n) is 4.27. The van der Waals surface area contributed by atoms with Crippen LogP contribution in [0.2, 0.25) is 0 Å². The van der Waals surface area contributed by atoms with Gasteiger partial charge < -0.3 is 14.4 Å². The minimum absolute atomic E-state index is 0.000893. The lowest BCUT2D eigenvalue weighted by atomic mass is 9.92. The second kappa shape index (κ2) is 10.6.